The van der Waals surface area contributed by atoms with Gasteiger partial charge >= 0.3 is 5.97 Å². The third kappa shape index (κ3) is 8.71. The molecule has 1 heterocycles. The number of hydrogen-bond donors (Lipinski definition) is 2. The lowest BCUT2D eigenvalue weighted by molar-refractivity contribution is -0.155. The molecule has 1 aliphatic heterocycles. The van der Waals surface area contributed by atoms with Crippen LogP contribution in [0.1, 0.15) is 83.5 Å². The summed E-state index contributed by atoms with van der Waals surface area (Å²) in [5.74, 6) is -0.0240. The Morgan fingerprint density at radius 2 is 1.88 bits per heavy atom. The van der Waals surface area contributed by atoms with Crippen molar-refractivity contribution in [3.8, 4) is 5.75 Å². The van der Waals surface area contributed by atoms with Crippen molar-refractivity contribution >= 4 is 23.5 Å². The lowest BCUT2D eigenvalue weighted by Crippen LogP contribution is -2.49. The van der Waals surface area contributed by atoms with Crippen molar-refractivity contribution in [1.82, 2.24) is 5.32 Å². The molecule has 2 N–H and O–H groups in total. The molecule has 0 fully saturated rings. The van der Waals surface area contributed by atoms with E-state index in [0.717, 1.165) is 19.3 Å². The van der Waals surface area contributed by atoms with E-state index in [2.05, 4.69) is 22.3 Å². The Morgan fingerprint density at radius 1 is 1.14 bits per heavy atom. The number of rotatable bonds is 15. The number of aliphatic hydroxyl groups is 1. The Morgan fingerprint density at radius 3 is 2.55 bits per heavy atom. The molecule has 0 saturated heterocycles. The van der Waals surface area contributed by atoms with Gasteiger partial charge in [-0.2, -0.15) is 0 Å². The zero-order valence-electron chi connectivity index (χ0n) is 24.8. The zero-order valence-corrected chi connectivity index (χ0v) is 24.8. The second kappa shape index (κ2) is 15.2. The van der Waals surface area contributed by atoms with E-state index in [0.29, 0.717) is 42.1 Å². The second-order valence-electron chi connectivity index (χ2n) is 11.1. The summed E-state index contributed by atoms with van der Waals surface area (Å²) in [6.45, 7) is 8.28. The van der Waals surface area contributed by atoms with Crippen molar-refractivity contribution in [2.75, 3.05) is 19.8 Å². The Bertz CT molecular complexity index is 1280. The highest BCUT2D eigenvalue weighted by Gasteiger charge is 2.53. The molecule has 42 heavy (non-hydrogen) atoms. The molecular formula is C31H41N5O6. The lowest BCUT2D eigenvalue weighted by Gasteiger charge is -2.31. The molecule has 2 aromatic rings. The molecule has 11 nitrogen and oxygen atoms in total. The molecule has 0 spiro atoms. The molecule has 0 aliphatic carbocycles. The number of hydrogen-bond acceptors (Lipinski definition) is 8. The third-order valence-electron chi connectivity index (χ3n) is 6.60. The Labute approximate surface area is 246 Å². The van der Waals surface area contributed by atoms with Crippen LogP contribution < -0.4 is 10.1 Å². The van der Waals surface area contributed by atoms with Gasteiger partial charge in [-0.15, -0.1) is 0 Å². The smallest absolute Gasteiger partial charge is 0.306 e. The molecule has 0 unspecified atom stereocenters. The highest BCUT2D eigenvalue weighted by molar-refractivity contribution is 6.01. The Balaban J connectivity index is 2.07. The van der Waals surface area contributed by atoms with Gasteiger partial charge in [-0.25, -0.2) is 4.99 Å². The molecule has 3 rings (SSSR count). The third-order valence-corrected chi connectivity index (χ3v) is 6.60. The van der Waals surface area contributed by atoms with Crippen LogP contribution in [0.3, 0.4) is 0 Å². The maximum atomic E-state index is 14.1. The average molecular weight is 580 g/mol. The van der Waals surface area contributed by atoms with E-state index in [1.807, 2.05) is 0 Å². The first-order chi connectivity index (χ1) is 20.1. The summed E-state index contributed by atoms with van der Waals surface area (Å²) in [5, 5.41) is 15.9. The Kier molecular flexibility index (Phi) is 11.8. The van der Waals surface area contributed by atoms with Crippen LogP contribution in [0.4, 0.5) is 5.69 Å². The largest absolute Gasteiger partial charge is 0.494 e. The van der Waals surface area contributed by atoms with Crippen LogP contribution in [0.25, 0.3) is 10.4 Å². The molecule has 0 aromatic heterocycles. The molecule has 2 atom stereocenters. The topological polar surface area (TPSA) is 155 Å². The number of carbonyl (C=O) groups excluding carboxylic acids is 2. The van der Waals surface area contributed by atoms with Crippen molar-refractivity contribution in [1.29, 1.82) is 0 Å². The van der Waals surface area contributed by atoms with Gasteiger partial charge in [0.2, 0.25) is 5.90 Å². The van der Waals surface area contributed by atoms with Crippen LogP contribution in [-0.4, -0.2) is 53.8 Å². The molecule has 2 aromatic carbocycles. The van der Waals surface area contributed by atoms with Gasteiger partial charge in [-0.1, -0.05) is 49.1 Å². The fourth-order valence-corrected chi connectivity index (χ4v) is 4.61. The summed E-state index contributed by atoms with van der Waals surface area (Å²) >= 11 is 0. The summed E-state index contributed by atoms with van der Waals surface area (Å²) < 4.78 is 17.6. The quantitative estimate of drug-likeness (QED) is 0.0857. The molecule has 11 heteroatoms. The first-order valence-electron chi connectivity index (χ1n) is 14.4. The normalized spacial score (nSPS) is 17.9. The minimum atomic E-state index is -1.55. The number of esters is 1. The van der Waals surface area contributed by atoms with Gasteiger partial charge in [0.15, 0.2) is 11.6 Å². The number of unbranched alkanes of at least 4 members (excludes halogenated alkanes) is 2. The summed E-state index contributed by atoms with van der Waals surface area (Å²) in [4.78, 5) is 34.8. The number of aliphatic hydroxyl groups excluding tert-OH is 1. The van der Waals surface area contributed by atoms with E-state index in [9.17, 15) is 15.1 Å². The lowest BCUT2D eigenvalue weighted by atomic mass is 9.82. The standard InChI is InChI=1S/C31H41N5O6/c1-5-6-9-19-33-29(39)31(18-17-26(38)42-30(2,3)4)27(24-11-7-8-12-25(24)35-36-32)41-28(34-31)22-13-15-23(16-14-22)40-21-10-20-37/h7-8,11-16,27,37H,5-6,9-10,17-21H2,1-4H3,(H,33,39)/t27-,31-/m1/s1. The fourth-order valence-electron chi connectivity index (χ4n) is 4.61. The molecule has 226 valence electrons. The van der Waals surface area contributed by atoms with E-state index in [-0.39, 0.29) is 31.3 Å². The van der Waals surface area contributed by atoms with E-state index in [4.69, 9.17) is 24.3 Å². The highest BCUT2D eigenvalue weighted by Crippen LogP contribution is 2.46. The van der Waals surface area contributed by atoms with Crippen LogP contribution in [-0.2, 0) is 19.1 Å². The van der Waals surface area contributed by atoms with Gasteiger partial charge in [-0.3, -0.25) is 9.59 Å². The molecule has 1 aliphatic rings. The number of ether oxygens (including phenoxy) is 3. The first kappa shape index (κ1) is 32.4. The van der Waals surface area contributed by atoms with E-state index < -0.39 is 23.2 Å². The monoisotopic (exact) mass is 579 g/mol. The summed E-state index contributed by atoms with van der Waals surface area (Å²) in [7, 11) is 0. The number of amides is 1. The van der Waals surface area contributed by atoms with Gasteiger partial charge in [0.25, 0.3) is 5.91 Å². The minimum Gasteiger partial charge on any atom is -0.494 e. The maximum absolute atomic E-state index is 14.1. The van der Waals surface area contributed by atoms with Gasteiger partial charge in [0.05, 0.1) is 6.61 Å². The van der Waals surface area contributed by atoms with Crippen LogP contribution in [0.15, 0.2) is 58.6 Å². The van der Waals surface area contributed by atoms with E-state index >= 15 is 0 Å². The predicted molar refractivity (Wildman–Crippen MR) is 160 cm³/mol. The fraction of sp³-hybridized carbons (Fsp3) is 0.516. The number of nitrogens with one attached hydrogen (secondary N) is 1. The summed E-state index contributed by atoms with van der Waals surface area (Å²) in [6.07, 6.45) is 2.18. The molecule has 0 radical (unpaired) electrons. The number of nitrogens with zero attached hydrogens (tertiary/aromatic N) is 4. The van der Waals surface area contributed by atoms with E-state index in [1.165, 1.54) is 0 Å². The molecule has 0 saturated carbocycles. The summed E-state index contributed by atoms with van der Waals surface area (Å²) in [5.41, 5.74) is 8.38. The minimum absolute atomic E-state index is 0.00263. The van der Waals surface area contributed by atoms with Gasteiger partial charge in [0.1, 0.15) is 11.4 Å². The van der Waals surface area contributed by atoms with Crippen LogP contribution in [0, 0.1) is 0 Å². The highest BCUT2D eigenvalue weighted by atomic mass is 16.6. The van der Waals surface area contributed by atoms with Crippen molar-refractivity contribution in [3.05, 3.63) is 70.1 Å². The first-order valence-corrected chi connectivity index (χ1v) is 14.4. The molecule has 1 amide bonds. The Hall–Kier alpha value is -4.08. The van der Waals surface area contributed by atoms with Crippen molar-refractivity contribution in [2.45, 2.75) is 83.5 Å². The van der Waals surface area contributed by atoms with Crippen molar-refractivity contribution in [3.63, 3.8) is 0 Å². The van der Waals surface area contributed by atoms with Gasteiger partial charge in [0, 0.05) is 47.7 Å². The number of azide groups is 1. The van der Waals surface area contributed by atoms with Crippen LogP contribution in [0.2, 0.25) is 0 Å². The average Bonchev–Trinajstić information content (AvgIpc) is 3.35. The second-order valence-corrected chi connectivity index (χ2v) is 11.1. The van der Waals surface area contributed by atoms with Crippen LogP contribution in [0.5, 0.6) is 5.75 Å². The SMILES string of the molecule is CCCCCNC(=O)[C@]1(CCC(=O)OC(C)(C)C)N=C(c2ccc(OCCCO)cc2)O[C@@H]1c1ccccc1N=[N+]=[N-]. The molecule has 0 bridgehead atoms. The van der Waals surface area contributed by atoms with Gasteiger partial charge < -0.3 is 24.6 Å². The zero-order chi connectivity index (χ0) is 30.6. The number of benzene rings is 2. The van der Waals surface area contributed by atoms with Crippen LogP contribution >= 0.6 is 0 Å². The van der Waals surface area contributed by atoms with E-state index in [1.54, 1.807) is 69.3 Å². The van der Waals surface area contributed by atoms with Gasteiger partial charge in [-0.05, 0) is 63.4 Å². The molecular weight excluding hydrogens is 538 g/mol. The number of carbonyl (C=O) groups is 2. The maximum Gasteiger partial charge on any atom is 0.306 e. The summed E-state index contributed by atoms with van der Waals surface area (Å²) in [6, 6.07) is 13.9. The number of aliphatic imine (C=N–C) groups is 1. The van der Waals surface area contributed by atoms with Crippen molar-refractivity contribution in [2.24, 2.45) is 10.1 Å². The van der Waals surface area contributed by atoms with Crippen molar-refractivity contribution < 1.29 is 28.9 Å². The predicted octanol–water partition coefficient (Wildman–Crippen LogP) is 6.07.